The van der Waals surface area contributed by atoms with Gasteiger partial charge in [0.25, 0.3) is 5.91 Å². The summed E-state index contributed by atoms with van der Waals surface area (Å²) in [5.41, 5.74) is 2.80. The summed E-state index contributed by atoms with van der Waals surface area (Å²) in [6.07, 6.45) is 1.08. The van der Waals surface area contributed by atoms with Crippen LogP contribution in [0.1, 0.15) is 31.8 Å². The van der Waals surface area contributed by atoms with Crippen molar-refractivity contribution >= 4 is 43.7 Å². The number of methoxy groups -OCH3 is 1. The SMILES string of the molecule is COC(=O)c1cc2c(c3c4ccccc4n(S(C)(=O)=O)c13)C(=O)N(Cc1ccccc1)C2. The van der Waals surface area contributed by atoms with Crippen LogP contribution in [0.3, 0.4) is 0 Å². The summed E-state index contributed by atoms with van der Waals surface area (Å²) in [6, 6.07) is 18.2. The zero-order valence-electron chi connectivity index (χ0n) is 17.5. The summed E-state index contributed by atoms with van der Waals surface area (Å²) in [5, 5.41) is 1.06. The molecule has 4 aromatic rings. The molecule has 0 saturated carbocycles. The maximum Gasteiger partial charge on any atom is 0.340 e. The van der Waals surface area contributed by atoms with E-state index >= 15 is 0 Å². The first-order valence-electron chi connectivity index (χ1n) is 10.0. The maximum atomic E-state index is 13.5. The molecular weight excluding hydrogens is 428 g/mol. The van der Waals surface area contributed by atoms with Gasteiger partial charge in [0.15, 0.2) is 0 Å². The number of ether oxygens (including phenoxy) is 1. The Kier molecular flexibility index (Phi) is 4.56. The lowest BCUT2D eigenvalue weighted by atomic mass is 9.98. The van der Waals surface area contributed by atoms with E-state index in [2.05, 4.69) is 0 Å². The van der Waals surface area contributed by atoms with Gasteiger partial charge in [0, 0.05) is 23.9 Å². The molecule has 1 aliphatic rings. The number of aromatic nitrogens is 1. The molecule has 0 bridgehead atoms. The van der Waals surface area contributed by atoms with Gasteiger partial charge < -0.3 is 9.64 Å². The molecule has 32 heavy (non-hydrogen) atoms. The number of nitrogens with zero attached hydrogens (tertiary/aromatic N) is 2. The van der Waals surface area contributed by atoms with Gasteiger partial charge in [0.1, 0.15) is 0 Å². The fraction of sp³-hybridized carbons (Fsp3) is 0.167. The zero-order valence-corrected chi connectivity index (χ0v) is 18.3. The van der Waals surface area contributed by atoms with E-state index in [1.165, 1.54) is 7.11 Å². The number of benzene rings is 3. The molecule has 8 heteroatoms. The van der Waals surface area contributed by atoms with Crippen molar-refractivity contribution in [2.45, 2.75) is 13.1 Å². The van der Waals surface area contributed by atoms with E-state index in [1.807, 2.05) is 30.3 Å². The first kappa shape index (κ1) is 20.3. The van der Waals surface area contributed by atoms with Crippen LogP contribution in [0.25, 0.3) is 21.8 Å². The van der Waals surface area contributed by atoms with E-state index in [4.69, 9.17) is 4.74 Å². The minimum Gasteiger partial charge on any atom is -0.465 e. The van der Waals surface area contributed by atoms with E-state index in [0.29, 0.717) is 40.5 Å². The highest BCUT2D eigenvalue weighted by Crippen LogP contribution is 2.40. The average molecular weight is 449 g/mol. The van der Waals surface area contributed by atoms with Crippen molar-refractivity contribution in [2.24, 2.45) is 0 Å². The fourth-order valence-corrected chi connectivity index (χ4v) is 5.57. The topological polar surface area (TPSA) is 85.7 Å². The molecule has 0 atom stereocenters. The number of carbonyl (C=O) groups is 2. The number of fused-ring (bicyclic) bond motifs is 5. The van der Waals surface area contributed by atoms with E-state index in [1.54, 1.807) is 35.2 Å². The highest BCUT2D eigenvalue weighted by atomic mass is 32.2. The summed E-state index contributed by atoms with van der Waals surface area (Å²) >= 11 is 0. The lowest BCUT2D eigenvalue weighted by Gasteiger charge is -2.15. The van der Waals surface area contributed by atoms with Crippen LogP contribution in [0.15, 0.2) is 60.7 Å². The molecule has 7 nitrogen and oxygen atoms in total. The third-order valence-electron chi connectivity index (χ3n) is 5.79. The number of carbonyl (C=O) groups excluding carboxylic acids is 2. The van der Waals surface area contributed by atoms with Gasteiger partial charge in [-0.3, -0.25) is 4.79 Å². The molecule has 1 amide bonds. The van der Waals surface area contributed by atoms with Crippen molar-refractivity contribution in [3.63, 3.8) is 0 Å². The number of esters is 1. The number of amides is 1. The summed E-state index contributed by atoms with van der Waals surface area (Å²) in [6.45, 7) is 0.732. The van der Waals surface area contributed by atoms with E-state index in [9.17, 15) is 18.0 Å². The van der Waals surface area contributed by atoms with Gasteiger partial charge >= 0.3 is 5.97 Å². The van der Waals surface area contributed by atoms with Gasteiger partial charge in [0.05, 0.1) is 35.5 Å². The fourth-order valence-electron chi connectivity index (χ4n) is 4.53. The lowest BCUT2D eigenvalue weighted by Crippen LogP contribution is -2.23. The minimum absolute atomic E-state index is 0.122. The van der Waals surface area contributed by atoms with Gasteiger partial charge in [0.2, 0.25) is 10.0 Å². The molecule has 0 aliphatic carbocycles. The van der Waals surface area contributed by atoms with Crippen LogP contribution >= 0.6 is 0 Å². The molecule has 5 rings (SSSR count). The first-order valence-corrected chi connectivity index (χ1v) is 11.9. The highest BCUT2D eigenvalue weighted by Gasteiger charge is 2.35. The van der Waals surface area contributed by atoms with Crippen LogP contribution in [0.4, 0.5) is 0 Å². The molecule has 3 aromatic carbocycles. The van der Waals surface area contributed by atoms with Crippen molar-refractivity contribution < 1.29 is 22.7 Å². The van der Waals surface area contributed by atoms with E-state index in [-0.39, 0.29) is 17.0 Å². The van der Waals surface area contributed by atoms with Gasteiger partial charge in [-0.15, -0.1) is 0 Å². The molecule has 0 N–H and O–H groups in total. The molecule has 0 saturated heterocycles. The minimum atomic E-state index is -3.79. The average Bonchev–Trinajstić information content (AvgIpc) is 3.28. The van der Waals surface area contributed by atoms with Crippen molar-refractivity contribution in [2.75, 3.05) is 13.4 Å². The van der Waals surface area contributed by atoms with Crippen molar-refractivity contribution in [1.82, 2.24) is 8.87 Å². The van der Waals surface area contributed by atoms with Gasteiger partial charge in [-0.2, -0.15) is 0 Å². The molecule has 2 heterocycles. The van der Waals surface area contributed by atoms with Crippen LogP contribution in [-0.4, -0.2) is 42.5 Å². The number of rotatable bonds is 4. The molecule has 0 unspecified atom stereocenters. The second-order valence-electron chi connectivity index (χ2n) is 7.86. The Bertz CT molecular complexity index is 1520. The van der Waals surface area contributed by atoms with Crippen LogP contribution in [0, 0.1) is 0 Å². The second kappa shape index (κ2) is 7.20. The summed E-state index contributed by atoms with van der Waals surface area (Å²) < 4.78 is 31.7. The van der Waals surface area contributed by atoms with Crippen LogP contribution in [0.2, 0.25) is 0 Å². The number of hydrogen-bond donors (Lipinski definition) is 0. The number of hydrogen-bond acceptors (Lipinski definition) is 5. The van der Waals surface area contributed by atoms with Crippen molar-refractivity contribution in [1.29, 1.82) is 0 Å². The van der Waals surface area contributed by atoms with Crippen LogP contribution in [0.5, 0.6) is 0 Å². The largest absolute Gasteiger partial charge is 0.465 e. The third-order valence-corrected chi connectivity index (χ3v) is 6.83. The molecule has 1 aliphatic heterocycles. The highest BCUT2D eigenvalue weighted by molar-refractivity contribution is 7.89. The van der Waals surface area contributed by atoms with E-state index in [0.717, 1.165) is 15.8 Å². The number of para-hydroxylation sites is 1. The predicted octanol–water partition coefficient (Wildman–Crippen LogP) is 3.54. The summed E-state index contributed by atoms with van der Waals surface area (Å²) in [7, 11) is -2.54. The van der Waals surface area contributed by atoms with Crippen LogP contribution in [-0.2, 0) is 27.8 Å². The van der Waals surface area contributed by atoms with Gasteiger partial charge in [-0.1, -0.05) is 48.5 Å². The molecule has 0 spiro atoms. The zero-order chi connectivity index (χ0) is 22.6. The summed E-state index contributed by atoms with van der Waals surface area (Å²) in [4.78, 5) is 27.9. The Morgan fingerprint density at radius 2 is 1.75 bits per heavy atom. The second-order valence-corrected chi connectivity index (χ2v) is 9.70. The molecule has 162 valence electrons. The molecular formula is C24H20N2O5S. The third kappa shape index (κ3) is 2.98. The molecule has 1 aromatic heterocycles. The monoisotopic (exact) mass is 448 g/mol. The Labute approximate surface area is 184 Å². The Morgan fingerprint density at radius 3 is 2.44 bits per heavy atom. The molecule has 0 fully saturated rings. The smallest absolute Gasteiger partial charge is 0.340 e. The van der Waals surface area contributed by atoms with Gasteiger partial charge in [-0.25, -0.2) is 17.2 Å². The quantitative estimate of drug-likeness (QED) is 0.446. The first-order chi connectivity index (χ1) is 15.3. The normalized spacial score (nSPS) is 13.7. The standard InChI is InChI=1S/C24H20N2O5S/c1-31-24(28)18-12-16-14-25(13-15-8-4-3-5-9-15)23(27)20(16)21-17-10-6-7-11-19(17)26(22(18)21)32(2,29)30/h3-12H,13-14H2,1-2H3. The van der Waals surface area contributed by atoms with Gasteiger partial charge in [-0.05, 0) is 23.3 Å². The summed E-state index contributed by atoms with van der Waals surface area (Å²) in [5.74, 6) is -0.846. The van der Waals surface area contributed by atoms with E-state index < -0.39 is 16.0 Å². The van der Waals surface area contributed by atoms with Crippen molar-refractivity contribution in [3.8, 4) is 0 Å². The van der Waals surface area contributed by atoms with Crippen molar-refractivity contribution in [3.05, 3.63) is 82.9 Å². The lowest BCUT2D eigenvalue weighted by molar-refractivity contribution is 0.0602. The van der Waals surface area contributed by atoms with Crippen LogP contribution < -0.4 is 0 Å². The molecule has 0 radical (unpaired) electrons. The predicted molar refractivity (Wildman–Crippen MR) is 121 cm³/mol. The maximum absolute atomic E-state index is 13.5. The Balaban J connectivity index is 1.84. The Morgan fingerprint density at radius 1 is 1.06 bits per heavy atom. The Hall–Kier alpha value is -3.65.